The molecule has 1 aromatic carbocycles. The number of carbonyl (C=O) groups is 2. The first-order valence-corrected chi connectivity index (χ1v) is 9.92. The topological polar surface area (TPSA) is 101 Å². The Balaban J connectivity index is 1.25. The van der Waals surface area contributed by atoms with Gasteiger partial charge in [-0.25, -0.2) is 0 Å². The molecule has 0 saturated heterocycles. The van der Waals surface area contributed by atoms with Crippen molar-refractivity contribution < 1.29 is 14.5 Å². The summed E-state index contributed by atoms with van der Waals surface area (Å²) in [5.74, 6) is 1.81. The van der Waals surface area contributed by atoms with Crippen LogP contribution in [0.5, 0.6) is 0 Å². The fraction of sp³-hybridized carbons (Fsp3) is 0.524. The van der Waals surface area contributed by atoms with E-state index >= 15 is 0 Å². The minimum atomic E-state index is -0.473. The maximum Gasteiger partial charge on any atom is 0.269 e. The molecule has 2 amide bonds. The SMILES string of the molecule is O=C(C=Cc1ccc([N+](=O)[O-])cc1)NNC(=O)CC12CC3CC(CC(C3)C1)C2. The molecule has 1 aromatic rings. The molecule has 0 atom stereocenters. The fourth-order valence-electron chi connectivity index (χ4n) is 5.94. The van der Waals surface area contributed by atoms with Gasteiger partial charge in [0.25, 0.3) is 11.6 Å². The molecule has 4 fully saturated rings. The van der Waals surface area contributed by atoms with Crippen LogP contribution in [0, 0.1) is 33.3 Å². The third kappa shape index (κ3) is 4.08. The summed E-state index contributed by atoms with van der Waals surface area (Å²) in [6, 6.07) is 5.89. The van der Waals surface area contributed by atoms with Crippen molar-refractivity contribution in [3.8, 4) is 0 Å². The van der Waals surface area contributed by atoms with Crippen LogP contribution < -0.4 is 10.9 Å². The van der Waals surface area contributed by atoms with E-state index < -0.39 is 10.8 Å². The summed E-state index contributed by atoms with van der Waals surface area (Å²) < 4.78 is 0. The molecule has 0 aromatic heterocycles. The number of nitro groups is 1. The Hall–Kier alpha value is -2.70. The predicted octanol–water partition coefficient (Wildman–Crippen LogP) is 3.36. The van der Waals surface area contributed by atoms with Crippen LogP contribution in [-0.4, -0.2) is 16.7 Å². The highest BCUT2D eigenvalue weighted by Gasteiger charge is 2.51. The summed E-state index contributed by atoms with van der Waals surface area (Å²) in [7, 11) is 0. The van der Waals surface area contributed by atoms with Crippen LogP contribution in [0.1, 0.15) is 50.5 Å². The summed E-state index contributed by atoms with van der Waals surface area (Å²) in [6.07, 6.45) is 10.8. The molecule has 2 N–H and O–H groups in total. The Morgan fingerprint density at radius 3 is 2.14 bits per heavy atom. The van der Waals surface area contributed by atoms with E-state index in [1.807, 2.05) is 0 Å². The van der Waals surface area contributed by atoms with Gasteiger partial charge in [-0.1, -0.05) is 0 Å². The average Bonchev–Trinajstić information content (AvgIpc) is 2.63. The molecule has 0 unspecified atom stereocenters. The number of hydrogen-bond acceptors (Lipinski definition) is 4. The molecular formula is C21H25N3O4. The van der Waals surface area contributed by atoms with E-state index in [2.05, 4.69) is 10.9 Å². The third-order valence-corrected chi connectivity index (χ3v) is 6.56. The molecule has 7 nitrogen and oxygen atoms in total. The summed E-state index contributed by atoms with van der Waals surface area (Å²) in [6.45, 7) is 0. The molecular weight excluding hydrogens is 358 g/mol. The van der Waals surface area contributed by atoms with Gasteiger partial charge in [-0.15, -0.1) is 0 Å². The highest BCUT2D eigenvalue weighted by molar-refractivity contribution is 5.93. The van der Waals surface area contributed by atoms with Gasteiger partial charge in [-0.05, 0) is 85.5 Å². The second kappa shape index (κ2) is 7.37. The first-order valence-electron chi connectivity index (χ1n) is 9.92. The number of carbonyl (C=O) groups excluding carboxylic acids is 2. The van der Waals surface area contributed by atoms with E-state index in [0.29, 0.717) is 12.0 Å². The van der Waals surface area contributed by atoms with Crippen molar-refractivity contribution in [1.82, 2.24) is 10.9 Å². The van der Waals surface area contributed by atoms with Crippen LogP contribution in [0.2, 0.25) is 0 Å². The molecule has 148 valence electrons. The molecule has 4 saturated carbocycles. The maximum absolute atomic E-state index is 12.4. The molecule has 5 rings (SSSR count). The van der Waals surface area contributed by atoms with Gasteiger partial charge in [0, 0.05) is 24.6 Å². The standard InChI is InChI=1S/C21H25N3O4/c25-19(6-3-14-1-4-18(5-2-14)24(27)28)22-23-20(26)13-21-10-15-7-16(11-21)9-17(8-15)12-21/h1-6,15-17H,7-13H2,(H,22,25)(H,23,26). The van der Waals surface area contributed by atoms with Gasteiger partial charge in [0.15, 0.2) is 0 Å². The van der Waals surface area contributed by atoms with Crippen molar-refractivity contribution in [2.24, 2.45) is 23.2 Å². The number of non-ortho nitro benzene ring substituents is 1. The number of nitrogens with one attached hydrogen (secondary N) is 2. The lowest BCUT2D eigenvalue weighted by Gasteiger charge is -2.56. The lowest BCUT2D eigenvalue weighted by atomic mass is 9.49. The zero-order valence-electron chi connectivity index (χ0n) is 15.7. The smallest absolute Gasteiger partial charge is 0.269 e. The largest absolute Gasteiger partial charge is 0.273 e. The van der Waals surface area contributed by atoms with E-state index in [9.17, 15) is 19.7 Å². The predicted molar refractivity (Wildman–Crippen MR) is 104 cm³/mol. The summed E-state index contributed by atoms with van der Waals surface area (Å²) in [5.41, 5.74) is 5.77. The number of hydrazine groups is 1. The molecule has 7 heteroatoms. The van der Waals surface area contributed by atoms with Crippen LogP contribution in [0.3, 0.4) is 0 Å². The first-order chi connectivity index (χ1) is 13.4. The maximum atomic E-state index is 12.4. The average molecular weight is 383 g/mol. The van der Waals surface area contributed by atoms with E-state index in [0.717, 1.165) is 37.0 Å². The van der Waals surface area contributed by atoms with Crippen LogP contribution in [0.4, 0.5) is 5.69 Å². The third-order valence-electron chi connectivity index (χ3n) is 6.56. The number of rotatable bonds is 5. The first kappa shape index (κ1) is 18.7. The van der Waals surface area contributed by atoms with Crippen molar-refractivity contribution >= 4 is 23.6 Å². The quantitative estimate of drug-likeness (QED) is 0.462. The molecule has 0 heterocycles. The van der Waals surface area contributed by atoms with Crippen molar-refractivity contribution in [3.05, 3.63) is 46.0 Å². The highest BCUT2D eigenvalue weighted by Crippen LogP contribution is 2.61. The normalized spacial score (nSPS) is 30.4. The fourth-order valence-corrected chi connectivity index (χ4v) is 5.94. The van der Waals surface area contributed by atoms with E-state index in [4.69, 9.17) is 0 Å². The van der Waals surface area contributed by atoms with E-state index in [-0.39, 0.29) is 17.0 Å². The van der Waals surface area contributed by atoms with Gasteiger partial charge < -0.3 is 0 Å². The number of nitrogens with zero attached hydrogens (tertiary/aromatic N) is 1. The zero-order chi connectivity index (χ0) is 19.7. The van der Waals surface area contributed by atoms with Crippen molar-refractivity contribution in [2.75, 3.05) is 0 Å². The van der Waals surface area contributed by atoms with Gasteiger partial charge >= 0.3 is 0 Å². The number of nitro benzene ring substituents is 1. The van der Waals surface area contributed by atoms with Crippen LogP contribution >= 0.6 is 0 Å². The second-order valence-electron chi connectivity index (χ2n) is 8.81. The Morgan fingerprint density at radius 1 is 1.04 bits per heavy atom. The number of benzene rings is 1. The Morgan fingerprint density at radius 2 is 1.61 bits per heavy atom. The monoisotopic (exact) mass is 383 g/mol. The van der Waals surface area contributed by atoms with Crippen LogP contribution in [-0.2, 0) is 9.59 Å². The summed E-state index contributed by atoms with van der Waals surface area (Å²) in [4.78, 5) is 34.5. The van der Waals surface area contributed by atoms with Crippen molar-refractivity contribution in [3.63, 3.8) is 0 Å². The molecule has 4 bridgehead atoms. The molecule has 0 spiro atoms. The molecule has 0 aliphatic heterocycles. The van der Waals surface area contributed by atoms with E-state index in [1.165, 1.54) is 37.5 Å². The lowest BCUT2D eigenvalue weighted by molar-refractivity contribution is -0.384. The molecule has 4 aliphatic rings. The number of amides is 2. The summed E-state index contributed by atoms with van der Waals surface area (Å²) in [5, 5.41) is 10.6. The molecule has 0 radical (unpaired) electrons. The minimum absolute atomic E-state index is 0.00135. The van der Waals surface area contributed by atoms with Gasteiger partial charge in [0.05, 0.1) is 4.92 Å². The lowest BCUT2D eigenvalue weighted by Crippen LogP contribution is -2.49. The van der Waals surface area contributed by atoms with Crippen molar-refractivity contribution in [2.45, 2.75) is 44.9 Å². The van der Waals surface area contributed by atoms with Gasteiger partial charge in [0.2, 0.25) is 5.91 Å². The Labute approximate surface area is 163 Å². The van der Waals surface area contributed by atoms with Crippen molar-refractivity contribution in [1.29, 1.82) is 0 Å². The van der Waals surface area contributed by atoms with Crippen LogP contribution in [0.25, 0.3) is 6.08 Å². The molecule has 28 heavy (non-hydrogen) atoms. The van der Waals surface area contributed by atoms with Gasteiger partial charge in [-0.2, -0.15) is 0 Å². The molecule has 4 aliphatic carbocycles. The van der Waals surface area contributed by atoms with Gasteiger partial charge in [0.1, 0.15) is 0 Å². The Kier molecular flexibility index (Phi) is 4.91. The van der Waals surface area contributed by atoms with E-state index in [1.54, 1.807) is 18.2 Å². The highest BCUT2D eigenvalue weighted by atomic mass is 16.6. The van der Waals surface area contributed by atoms with Gasteiger partial charge in [-0.3, -0.25) is 30.6 Å². The van der Waals surface area contributed by atoms with Crippen LogP contribution in [0.15, 0.2) is 30.3 Å². The Bertz CT molecular complexity index is 780. The minimum Gasteiger partial charge on any atom is -0.273 e. The second-order valence-corrected chi connectivity index (χ2v) is 8.81. The summed E-state index contributed by atoms with van der Waals surface area (Å²) >= 11 is 0. The zero-order valence-corrected chi connectivity index (χ0v) is 15.7. The number of hydrogen-bond donors (Lipinski definition) is 2.